The van der Waals surface area contributed by atoms with Crippen molar-refractivity contribution >= 4 is 30.6 Å². The third kappa shape index (κ3) is 7.35. The maximum atomic E-state index is 13.0. The number of methoxy groups -OCH3 is 1. The normalized spacial score (nSPS) is 14.9. The highest BCUT2D eigenvalue weighted by Gasteiger charge is 2.40. The van der Waals surface area contributed by atoms with E-state index in [9.17, 15) is 9.66 Å². The van der Waals surface area contributed by atoms with Crippen molar-refractivity contribution in [1.82, 2.24) is 24.5 Å². The minimum Gasteiger partial charge on any atom is -0.598 e. The molecule has 0 fully saturated rings. The van der Waals surface area contributed by atoms with Gasteiger partial charge < -0.3 is 18.8 Å². The van der Waals surface area contributed by atoms with Crippen LogP contribution in [0.2, 0.25) is 18.1 Å². The number of aliphatic hydroxyl groups is 1. The fraction of sp³-hybridized carbons (Fsp3) is 0.485. The summed E-state index contributed by atoms with van der Waals surface area (Å²) in [6.07, 6.45) is 2.79. The first-order chi connectivity index (χ1) is 20.5. The average molecular weight is 638 g/mol. The van der Waals surface area contributed by atoms with Crippen LogP contribution in [0.5, 0.6) is 5.75 Å². The van der Waals surface area contributed by atoms with Crippen molar-refractivity contribution < 1.29 is 18.8 Å². The molecular formula is C33H47N5O4SSi. The second-order valence-corrected chi connectivity index (χ2v) is 20.5. The van der Waals surface area contributed by atoms with E-state index in [1.165, 1.54) is 0 Å². The van der Waals surface area contributed by atoms with Gasteiger partial charge in [0, 0.05) is 16.9 Å². The van der Waals surface area contributed by atoms with Crippen LogP contribution in [-0.2, 0) is 28.1 Å². The number of fused-ring (bicyclic) bond motifs is 1. The summed E-state index contributed by atoms with van der Waals surface area (Å²) >= 11 is -1.50. The summed E-state index contributed by atoms with van der Waals surface area (Å²) in [5.74, 6) is 1.31. The van der Waals surface area contributed by atoms with Crippen molar-refractivity contribution in [2.24, 2.45) is 0 Å². The summed E-state index contributed by atoms with van der Waals surface area (Å²) in [6, 6.07) is 15.3. The summed E-state index contributed by atoms with van der Waals surface area (Å²) in [5.41, 5.74) is 1.90. The number of rotatable bonds is 11. The lowest BCUT2D eigenvalue weighted by molar-refractivity contribution is 0.0101. The maximum absolute atomic E-state index is 13.0. The van der Waals surface area contributed by atoms with Crippen LogP contribution < -0.4 is 9.46 Å². The second-order valence-electron chi connectivity index (χ2n) is 13.7. The molecule has 2 N–H and O–H groups in total. The summed E-state index contributed by atoms with van der Waals surface area (Å²) in [5, 5.41) is 17.3. The van der Waals surface area contributed by atoms with Crippen LogP contribution in [0.15, 0.2) is 54.7 Å². The Bertz CT molecular complexity index is 1600. The Kier molecular flexibility index (Phi) is 9.99. The molecule has 0 radical (unpaired) electrons. The molecule has 3 aromatic heterocycles. The van der Waals surface area contributed by atoms with Gasteiger partial charge in [-0.1, -0.05) is 46.2 Å². The van der Waals surface area contributed by atoms with Crippen LogP contribution in [0.25, 0.3) is 28.0 Å². The first-order valence-corrected chi connectivity index (χ1v) is 19.1. The molecule has 1 aromatic carbocycles. The van der Waals surface area contributed by atoms with Crippen molar-refractivity contribution in [1.29, 1.82) is 0 Å². The SMILES string of the molecule is CCC[C@@](O)(N[S@+]([O-])C(C)(C)C)c1cccc(-c2cc(OC)c3cnn(-c4cccc(CO[Si](C)(C)C(C)(C)C)n4)c3c2)n1. The largest absolute Gasteiger partial charge is 0.598 e. The van der Waals surface area contributed by atoms with Gasteiger partial charge >= 0.3 is 0 Å². The molecule has 0 saturated heterocycles. The number of ether oxygens (including phenoxy) is 1. The van der Waals surface area contributed by atoms with E-state index in [1.807, 2.05) is 70.2 Å². The molecule has 0 bridgehead atoms. The summed E-state index contributed by atoms with van der Waals surface area (Å²) in [7, 11) is -0.312. The first-order valence-electron chi connectivity index (χ1n) is 15.0. The highest BCUT2D eigenvalue weighted by Crippen LogP contribution is 2.37. The molecule has 0 aliphatic carbocycles. The Labute approximate surface area is 265 Å². The molecule has 0 aliphatic heterocycles. The lowest BCUT2D eigenvalue weighted by atomic mass is 10.0. The fourth-order valence-corrected chi connectivity index (χ4v) is 6.22. The molecule has 0 spiro atoms. The zero-order chi connectivity index (χ0) is 32.5. The van der Waals surface area contributed by atoms with Gasteiger partial charge in [-0.2, -0.15) is 5.10 Å². The van der Waals surface area contributed by atoms with Crippen molar-refractivity contribution in [3.05, 3.63) is 66.1 Å². The predicted molar refractivity (Wildman–Crippen MR) is 180 cm³/mol. The molecule has 0 aliphatic rings. The smallest absolute Gasteiger partial charge is 0.200 e. The van der Waals surface area contributed by atoms with Crippen molar-refractivity contribution in [2.45, 2.75) is 96.5 Å². The Balaban J connectivity index is 1.74. The molecule has 11 heteroatoms. The number of aromatic nitrogens is 4. The molecule has 0 unspecified atom stereocenters. The van der Waals surface area contributed by atoms with Crippen molar-refractivity contribution in [3.63, 3.8) is 0 Å². The van der Waals surface area contributed by atoms with Gasteiger partial charge in [-0.15, -0.1) is 4.72 Å². The molecule has 4 aromatic rings. The molecule has 2 atom stereocenters. The minimum absolute atomic E-state index is 0.104. The molecular weight excluding hydrogens is 591 g/mol. The third-order valence-electron chi connectivity index (χ3n) is 8.16. The van der Waals surface area contributed by atoms with Gasteiger partial charge in [0.2, 0.25) is 0 Å². The van der Waals surface area contributed by atoms with Crippen LogP contribution in [0.1, 0.15) is 72.7 Å². The van der Waals surface area contributed by atoms with Crippen LogP contribution in [0.4, 0.5) is 0 Å². The standard InChI is InChI=1S/C33H47N5O4SSi/c1-11-18-33(39,37-43(40)31(2,3)4)29-16-13-15-26(36-29)23-19-27-25(28(20-23)41-8)21-34-38(27)30-17-12-14-24(35-30)22-42-44(9,10)32(5,6)7/h12-17,19-21,37,39H,11,18,22H2,1-10H3/t33-,43+/m0/s1. The van der Waals surface area contributed by atoms with Gasteiger partial charge in [-0.3, -0.25) is 0 Å². The summed E-state index contributed by atoms with van der Waals surface area (Å²) in [4.78, 5) is 9.75. The van der Waals surface area contributed by atoms with E-state index >= 15 is 0 Å². The van der Waals surface area contributed by atoms with Crippen LogP contribution in [-0.4, -0.2) is 49.6 Å². The molecule has 44 heavy (non-hydrogen) atoms. The molecule has 4 rings (SSSR count). The Morgan fingerprint density at radius 2 is 1.73 bits per heavy atom. The van der Waals surface area contributed by atoms with Gasteiger partial charge in [-0.25, -0.2) is 14.6 Å². The summed E-state index contributed by atoms with van der Waals surface area (Å²) in [6.45, 7) is 19.1. The fourth-order valence-electron chi connectivity index (χ4n) is 4.46. The van der Waals surface area contributed by atoms with Gasteiger partial charge in [0.1, 0.15) is 10.5 Å². The number of nitrogens with zero attached hydrogens (tertiary/aromatic N) is 4. The number of hydrogen-bond acceptors (Lipinski definition) is 8. The Morgan fingerprint density at radius 1 is 1.02 bits per heavy atom. The molecule has 0 amide bonds. The second kappa shape index (κ2) is 12.9. The zero-order valence-corrected chi connectivity index (χ0v) is 29.5. The predicted octanol–water partition coefficient (Wildman–Crippen LogP) is 7.01. The van der Waals surface area contributed by atoms with E-state index in [2.05, 4.69) is 43.7 Å². The Morgan fingerprint density at radius 3 is 2.36 bits per heavy atom. The maximum Gasteiger partial charge on any atom is 0.200 e. The lowest BCUT2D eigenvalue weighted by Gasteiger charge is -2.36. The molecule has 238 valence electrons. The number of pyridine rings is 2. The van der Waals surface area contributed by atoms with E-state index in [4.69, 9.17) is 19.1 Å². The van der Waals surface area contributed by atoms with Gasteiger partial charge in [0.25, 0.3) is 0 Å². The monoisotopic (exact) mass is 637 g/mol. The Hall–Kier alpha value is -2.80. The molecule has 9 nitrogen and oxygen atoms in total. The average Bonchev–Trinajstić information content (AvgIpc) is 3.39. The summed E-state index contributed by atoms with van der Waals surface area (Å²) < 4.78 is 29.4. The van der Waals surface area contributed by atoms with Crippen molar-refractivity contribution in [2.75, 3.05) is 7.11 Å². The number of hydrogen-bond donors (Lipinski definition) is 2. The third-order valence-corrected chi connectivity index (χ3v) is 14.3. The highest BCUT2D eigenvalue weighted by molar-refractivity contribution is 7.90. The number of benzene rings is 1. The van der Waals surface area contributed by atoms with E-state index in [0.29, 0.717) is 42.4 Å². The quantitative estimate of drug-likeness (QED) is 0.102. The van der Waals surface area contributed by atoms with E-state index in [1.54, 1.807) is 24.1 Å². The van der Waals surface area contributed by atoms with Gasteiger partial charge in [-0.05, 0) is 81.7 Å². The highest BCUT2D eigenvalue weighted by atomic mass is 32.2. The minimum atomic E-state index is -1.94. The van der Waals surface area contributed by atoms with E-state index in [-0.39, 0.29) is 5.04 Å². The van der Waals surface area contributed by atoms with Gasteiger partial charge in [0.05, 0.1) is 47.9 Å². The zero-order valence-electron chi connectivity index (χ0n) is 27.7. The number of nitrogens with one attached hydrogen (secondary N) is 1. The first kappa shape index (κ1) is 34.1. The van der Waals surface area contributed by atoms with Gasteiger partial charge in [0.15, 0.2) is 19.9 Å². The van der Waals surface area contributed by atoms with Crippen molar-refractivity contribution in [3.8, 4) is 22.8 Å². The van der Waals surface area contributed by atoms with Crippen LogP contribution in [0, 0.1) is 0 Å². The van der Waals surface area contributed by atoms with Crippen LogP contribution in [0.3, 0.4) is 0 Å². The lowest BCUT2D eigenvalue weighted by Crippen LogP contribution is -2.51. The van der Waals surface area contributed by atoms with Crippen LogP contribution >= 0.6 is 0 Å². The topological polar surface area (TPSA) is 117 Å². The van der Waals surface area contributed by atoms with E-state index < -0.39 is 30.2 Å². The molecule has 3 heterocycles. The molecule has 0 saturated carbocycles. The van der Waals surface area contributed by atoms with E-state index in [0.717, 1.165) is 22.2 Å².